The van der Waals surface area contributed by atoms with Crippen LogP contribution in [0, 0.1) is 6.92 Å². The normalized spacial score (nSPS) is 10.7. The summed E-state index contributed by atoms with van der Waals surface area (Å²) in [5.74, 6) is 0.304. The van der Waals surface area contributed by atoms with Crippen LogP contribution in [0.3, 0.4) is 0 Å². The molecule has 0 aliphatic rings. The number of rotatable bonds is 5. The molecule has 0 saturated carbocycles. The predicted molar refractivity (Wildman–Crippen MR) is 116 cm³/mol. The van der Waals surface area contributed by atoms with Crippen molar-refractivity contribution in [2.24, 2.45) is 0 Å². The molecule has 2 aromatic carbocycles. The number of hydrogen-bond acceptors (Lipinski definition) is 4. The fourth-order valence-corrected chi connectivity index (χ4v) is 3.08. The zero-order chi connectivity index (χ0) is 21.1. The molecule has 4 aromatic rings. The zero-order valence-corrected chi connectivity index (χ0v) is 16.9. The molecule has 4 rings (SSSR count). The lowest BCUT2D eigenvalue weighted by atomic mass is 10.2. The fourth-order valence-electron chi connectivity index (χ4n) is 2.96. The number of carbonyl (C=O) groups excluding carboxylic acids is 1. The van der Waals surface area contributed by atoms with Crippen molar-refractivity contribution >= 4 is 28.8 Å². The van der Waals surface area contributed by atoms with E-state index in [1.54, 1.807) is 60.8 Å². The summed E-state index contributed by atoms with van der Waals surface area (Å²) in [5.41, 5.74) is 3.01. The number of pyridine rings is 1. The number of nitrogens with one attached hydrogen (secondary N) is 1. The molecule has 0 atom stereocenters. The lowest BCUT2D eigenvalue weighted by Crippen LogP contribution is -2.16. The Morgan fingerprint density at radius 2 is 1.90 bits per heavy atom. The van der Waals surface area contributed by atoms with Crippen LogP contribution in [0.5, 0.6) is 5.75 Å². The molecule has 1 N–H and O–H groups in total. The standard InChI is InChI=1S/C23H18ClN3O3/c1-15-5-10-21-25-19(12-22(28)27(21)13-15)14-30-20-4-2-3-18(11-20)26-23(29)16-6-8-17(24)9-7-16/h2-13H,14H2,1H3,(H,26,29). The van der Waals surface area contributed by atoms with Gasteiger partial charge in [0, 0.05) is 34.6 Å². The summed E-state index contributed by atoms with van der Waals surface area (Å²) < 4.78 is 7.29. The van der Waals surface area contributed by atoms with Crippen molar-refractivity contribution in [1.82, 2.24) is 9.38 Å². The number of carbonyl (C=O) groups is 1. The van der Waals surface area contributed by atoms with E-state index in [1.807, 2.05) is 13.0 Å². The Hall–Kier alpha value is -3.64. The summed E-state index contributed by atoms with van der Waals surface area (Å²) in [6, 6.07) is 18.8. The Labute approximate surface area is 177 Å². The van der Waals surface area contributed by atoms with Crippen LogP contribution in [0.4, 0.5) is 5.69 Å². The first-order chi connectivity index (χ1) is 14.5. The second-order valence-electron chi connectivity index (χ2n) is 6.80. The van der Waals surface area contributed by atoms with Crippen molar-refractivity contribution in [2.75, 3.05) is 5.32 Å². The second kappa shape index (κ2) is 8.39. The molecular weight excluding hydrogens is 402 g/mol. The Bertz CT molecular complexity index is 1280. The first-order valence-corrected chi connectivity index (χ1v) is 9.64. The molecule has 0 radical (unpaired) electrons. The van der Waals surface area contributed by atoms with Crippen LogP contribution in [0.25, 0.3) is 5.65 Å². The largest absolute Gasteiger partial charge is 0.487 e. The third-order valence-corrected chi connectivity index (χ3v) is 4.70. The number of aromatic nitrogens is 2. The monoisotopic (exact) mass is 419 g/mol. The van der Waals surface area contributed by atoms with E-state index < -0.39 is 0 Å². The molecule has 7 heteroatoms. The van der Waals surface area contributed by atoms with Gasteiger partial charge in [-0.25, -0.2) is 4.98 Å². The average molecular weight is 420 g/mol. The van der Waals surface area contributed by atoms with Gasteiger partial charge >= 0.3 is 0 Å². The summed E-state index contributed by atoms with van der Waals surface area (Å²) in [6.45, 7) is 2.05. The van der Waals surface area contributed by atoms with Crippen molar-refractivity contribution < 1.29 is 9.53 Å². The summed E-state index contributed by atoms with van der Waals surface area (Å²) in [7, 11) is 0. The van der Waals surface area contributed by atoms with Crippen LogP contribution < -0.4 is 15.6 Å². The van der Waals surface area contributed by atoms with E-state index in [1.165, 1.54) is 10.5 Å². The third kappa shape index (κ3) is 4.50. The molecule has 0 unspecified atom stereocenters. The maximum atomic E-state index is 12.4. The Balaban J connectivity index is 1.46. The first-order valence-electron chi connectivity index (χ1n) is 9.27. The van der Waals surface area contributed by atoms with Crippen molar-refractivity contribution in [1.29, 1.82) is 0 Å². The molecule has 0 bridgehead atoms. The summed E-state index contributed by atoms with van der Waals surface area (Å²) in [4.78, 5) is 29.1. The molecule has 6 nitrogen and oxygen atoms in total. The Morgan fingerprint density at radius 3 is 2.70 bits per heavy atom. The van der Waals surface area contributed by atoms with E-state index in [4.69, 9.17) is 16.3 Å². The molecule has 0 aliphatic heterocycles. The van der Waals surface area contributed by atoms with Crippen molar-refractivity contribution in [2.45, 2.75) is 13.5 Å². The summed E-state index contributed by atoms with van der Waals surface area (Å²) in [5, 5.41) is 3.39. The summed E-state index contributed by atoms with van der Waals surface area (Å²) >= 11 is 5.86. The highest BCUT2D eigenvalue weighted by atomic mass is 35.5. The maximum absolute atomic E-state index is 12.4. The average Bonchev–Trinajstić information content (AvgIpc) is 2.73. The predicted octanol–water partition coefficient (Wildman–Crippen LogP) is 4.49. The minimum Gasteiger partial charge on any atom is -0.487 e. The number of fused-ring (bicyclic) bond motifs is 1. The zero-order valence-electron chi connectivity index (χ0n) is 16.1. The highest BCUT2D eigenvalue weighted by Gasteiger charge is 2.08. The van der Waals surface area contributed by atoms with E-state index in [0.29, 0.717) is 33.4 Å². The number of hydrogen-bond donors (Lipinski definition) is 1. The number of benzene rings is 2. The van der Waals surface area contributed by atoms with Gasteiger partial charge in [-0.2, -0.15) is 0 Å². The number of halogens is 1. The van der Waals surface area contributed by atoms with Gasteiger partial charge in [0.15, 0.2) is 0 Å². The van der Waals surface area contributed by atoms with Crippen LogP contribution in [0.1, 0.15) is 21.6 Å². The number of aryl methyl sites for hydroxylation is 1. The van der Waals surface area contributed by atoms with E-state index in [-0.39, 0.29) is 18.1 Å². The number of amides is 1. The number of anilines is 1. The van der Waals surface area contributed by atoms with Gasteiger partial charge in [0.25, 0.3) is 11.5 Å². The fraction of sp³-hybridized carbons (Fsp3) is 0.0870. The second-order valence-corrected chi connectivity index (χ2v) is 7.23. The molecular formula is C23H18ClN3O3. The molecule has 1 amide bonds. The highest BCUT2D eigenvalue weighted by molar-refractivity contribution is 6.30. The van der Waals surface area contributed by atoms with Gasteiger partial charge in [0.2, 0.25) is 0 Å². The Kier molecular flexibility index (Phi) is 5.50. The van der Waals surface area contributed by atoms with Gasteiger partial charge in [-0.3, -0.25) is 14.0 Å². The van der Waals surface area contributed by atoms with Crippen LogP contribution in [-0.4, -0.2) is 15.3 Å². The van der Waals surface area contributed by atoms with Gasteiger partial charge in [-0.1, -0.05) is 23.7 Å². The molecule has 0 saturated heterocycles. The minimum absolute atomic E-state index is 0.133. The number of ether oxygens (including phenoxy) is 1. The van der Waals surface area contributed by atoms with Crippen LogP contribution in [0.15, 0.2) is 77.7 Å². The Morgan fingerprint density at radius 1 is 1.10 bits per heavy atom. The van der Waals surface area contributed by atoms with Gasteiger partial charge < -0.3 is 10.1 Å². The van der Waals surface area contributed by atoms with Crippen LogP contribution in [-0.2, 0) is 6.61 Å². The number of nitrogens with zero attached hydrogens (tertiary/aromatic N) is 2. The van der Waals surface area contributed by atoms with Crippen LogP contribution in [0.2, 0.25) is 5.02 Å². The van der Waals surface area contributed by atoms with Gasteiger partial charge in [-0.05, 0) is 55.0 Å². The minimum atomic E-state index is -0.247. The highest BCUT2D eigenvalue weighted by Crippen LogP contribution is 2.19. The van der Waals surface area contributed by atoms with E-state index in [2.05, 4.69) is 10.3 Å². The molecule has 30 heavy (non-hydrogen) atoms. The molecule has 2 heterocycles. The molecule has 0 spiro atoms. The quantitative estimate of drug-likeness (QED) is 0.517. The molecule has 0 aliphatic carbocycles. The smallest absolute Gasteiger partial charge is 0.258 e. The van der Waals surface area contributed by atoms with Gasteiger partial charge in [-0.15, -0.1) is 0 Å². The van der Waals surface area contributed by atoms with Gasteiger partial charge in [0.05, 0.1) is 5.69 Å². The van der Waals surface area contributed by atoms with Crippen molar-refractivity contribution in [3.63, 3.8) is 0 Å². The molecule has 150 valence electrons. The van der Waals surface area contributed by atoms with Gasteiger partial charge in [0.1, 0.15) is 18.0 Å². The third-order valence-electron chi connectivity index (χ3n) is 4.45. The van der Waals surface area contributed by atoms with Crippen molar-refractivity contribution in [3.05, 3.63) is 105 Å². The first kappa shape index (κ1) is 19.7. The lowest BCUT2D eigenvalue weighted by molar-refractivity contribution is 0.102. The van der Waals surface area contributed by atoms with Crippen LogP contribution >= 0.6 is 11.6 Å². The lowest BCUT2D eigenvalue weighted by Gasteiger charge is -2.10. The molecule has 0 fully saturated rings. The summed E-state index contributed by atoms with van der Waals surface area (Å²) in [6.07, 6.45) is 1.75. The topological polar surface area (TPSA) is 72.7 Å². The SMILES string of the molecule is Cc1ccc2nc(COc3cccc(NC(=O)c4ccc(Cl)cc4)c3)cc(=O)n2c1. The van der Waals surface area contributed by atoms with E-state index in [0.717, 1.165) is 5.56 Å². The van der Waals surface area contributed by atoms with E-state index in [9.17, 15) is 9.59 Å². The molecule has 2 aromatic heterocycles. The van der Waals surface area contributed by atoms with Crippen molar-refractivity contribution in [3.8, 4) is 5.75 Å². The van der Waals surface area contributed by atoms with E-state index >= 15 is 0 Å². The maximum Gasteiger partial charge on any atom is 0.258 e.